The molecular weight excluding hydrogens is 480 g/mol. The van der Waals surface area contributed by atoms with Crippen molar-refractivity contribution in [3.63, 3.8) is 0 Å². The van der Waals surface area contributed by atoms with Crippen LogP contribution in [0.15, 0.2) is 85.0 Å². The third-order valence-corrected chi connectivity index (χ3v) is 6.20. The van der Waals surface area contributed by atoms with Crippen molar-refractivity contribution >= 4 is 11.8 Å². The summed E-state index contributed by atoms with van der Waals surface area (Å²) in [4.78, 5) is 24.5. The minimum atomic E-state index is -0.211. The van der Waals surface area contributed by atoms with Gasteiger partial charge in [0, 0.05) is 19.5 Å². The summed E-state index contributed by atoms with van der Waals surface area (Å²) < 4.78 is 0. The molecule has 1 aromatic carbocycles. The Labute approximate surface area is 238 Å². The molecule has 0 saturated heterocycles. The lowest BCUT2D eigenvalue weighted by Crippen LogP contribution is -2.36. The quantitative estimate of drug-likeness (QED) is 0.131. The molecular formula is C35H52N2O2. The molecule has 4 nitrogen and oxygen atoms in total. The molecule has 0 spiro atoms. The Hall–Kier alpha value is -3.14. The molecule has 2 amide bonds. The molecule has 1 aromatic rings. The highest BCUT2D eigenvalue weighted by atomic mass is 16.2. The summed E-state index contributed by atoms with van der Waals surface area (Å²) in [6.45, 7) is 9.36. The average Bonchev–Trinajstić information content (AvgIpc) is 2.92. The Kier molecular flexibility index (Phi) is 19.8. The van der Waals surface area contributed by atoms with Crippen molar-refractivity contribution in [3.05, 3.63) is 96.2 Å². The number of hydrogen-bond donors (Lipinski definition) is 2. The van der Waals surface area contributed by atoms with Crippen molar-refractivity contribution in [2.75, 3.05) is 13.1 Å². The van der Waals surface area contributed by atoms with Gasteiger partial charge in [0.2, 0.25) is 11.8 Å². The van der Waals surface area contributed by atoms with Crippen LogP contribution in [0.4, 0.5) is 0 Å². The highest BCUT2D eigenvalue weighted by Crippen LogP contribution is 2.17. The number of rotatable bonds is 20. The van der Waals surface area contributed by atoms with Crippen LogP contribution in [0.3, 0.4) is 0 Å². The van der Waals surface area contributed by atoms with Crippen molar-refractivity contribution in [1.82, 2.24) is 10.6 Å². The molecule has 1 rings (SSSR count). The van der Waals surface area contributed by atoms with Crippen molar-refractivity contribution < 1.29 is 9.59 Å². The highest BCUT2D eigenvalue weighted by molar-refractivity contribution is 5.83. The summed E-state index contributed by atoms with van der Waals surface area (Å²) >= 11 is 0. The number of benzene rings is 1. The first kappa shape index (κ1) is 33.9. The molecule has 0 heterocycles. The molecule has 0 saturated carbocycles. The molecule has 1 atom stereocenters. The molecule has 1 unspecified atom stereocenters. The predicted molar refractivity (Wildman–Crippen MR) is 168 cm³/mol. The number of hydrogen-bond acceptors (Lipinski definition) is 2. The van der Waals surface area contributed by atoms with Crippen LogP contribution >= 0.6 is 0 Å². The van der Waals surface area contributed by atoms with Crippen molar-refractivity contribution in [1.29, 1.82) is 0 Å². The van der Waals surface area contributed by atoms with E-state index in [0.29, 0.717) is 25.4 Å². The SMILES string of the molecule is CCC=CCC=CCC=CCC=CCC=CCCCC(=O)NCCNC(=O)C(C)c1ccc(CC(C)C)cc1. The van der Waals surface area contributed by atoms with E-state index >= 15 is 0 Å². The van der Waals surface area contributed by atoms with Crippen LogP contribution < -0.4 is 10.6 Å². The molecule has 0 aliphatic rings. The van der Waals surface area contributed by atoms with Gasteiger partial charge in [0.1, 0.15) is 0 Å². The maximum absolute atomic E-state index is 12.5. The number of nitrogens with one attached hydrogen (secondary N) is 2. The van der Waals surface area contributed by atoms with E-state index in [-0.39, 0.29) is 17.7 Å². The topological polar surface area (TPSA) is 58.2 Å². The normalized spacial score (nSPS) is 13.1. The van der Waals surface area contributed by atoms with Gasteiger partial charge >= 0.3 is 0 Å². The second kappa shape index (κ2) is 22.8. The van der Waals surface area contributed by atoms with Crippen LogP contribution in [0.1, 0.15) is 96.1 Å². The Morgan fingerprint density at radius 2 is 1.23 bits per heavy atom. The van der Waals surface area contributed by atoms with Crippen LogP contribution in [0.5, 0.6) is 0 Å². The Morgan fingerprint density at radius 1 is 0.718 bits per heavy atom. The van der Waals surface area contributed by atoms with Crippen molar-refractivity contribution in [2.24, 2.45) is 5.92 Å². The molecule has 0 aliphatic heterocycles. The fraction of sp³-hybridized carbons (Fsp3) is 0.486. The van der Waals surface area contributed by atoms with Gasteiger partial charge in [-0.05, 0) is 75.3 Å². The summed E-state index contributed by atoms with van der Waals surface area (Å²) in [5.74, 6) is 0.423. The van der Waals surface area contributed by atoms with Crippen molar-refractivity contribution in [3.8, 4) is 0 Å². The van der Waals surface area contributed by atoms with Gasteiger partial charge in [-0.3, -0.25) is 9.59 Å². The number of unbranched alkanes of at least 4 members (excludes halogenated alkanes) is 1. The summed E-state index contributed by atoms with van der Waals surface area (Å²) in [6.07, 6.45) is 30.1. The Morgan fingerprint density at radius 3 is 1.77 bits per heavy atom. The molecule has 0 bridgehead atoms. The summed E-state index contributed by atoms with van der Waals surface area (Å²) in [5, 5.41) is 5.82. The molecule has 214 valence electrons. The van der Waals surface area contributed by atoms with Gasteiger partial charge in [0.25, 0.3) is 0 Å². The number of carbonyl (C=O) groups excluding carboxylic acids is 2. The Balaban J connectivity index is 2.05. The molecule has 0 aliphatic carbocycles. The van der Waals surface area contributed by atoms with E-state index in [4.69, 9.17) is 0 Å². The molecule has 0 fully saturated rings. The first-order valence-corrected chi connectivity index (χ1v) is 14.8. The first-order chi connectivity index (χ1) is 18.9. The van der Waals surface area contributed by atoms with Crippen LogP contribution in [0, 0.1) is 5.92 Å². The zero-order chi connectivity index (χ0) is 28.6. The van der Waals surface area contributed by atoms with Gasteiger partial charge in [-0.2, -0.15) is 0 Å². The van der Waals surface area contributed by atoms with E-state index in [0.717, 1.165) is 56.9 Å². The second-order valence-electron chi connectivity index (χ2n) is 10.3. The number of amides is 2. The minimum Gasteiger partial charge on any atom is -0.354 e. The third-order valence-electron chi connectivity index (χ3n) is 6.20. The predicted octanol–water partition coefficient (Wildman–Crippen LogP) is 8.14. The zero-order valence-corrected chi connectivity index (χ0v) is 24.8. The smallest absolute Gasteiger partial charge is 0.227 e. The van der Waals surface area contributed by atoms with Crippen molar-refractivity contribution in [2.45, 2.75) is 91.4 Å². The number of carbonyl (C=O) groups is 2. The van der Waals surface area contributed by atoms with E-state index in [1.54, 1.807) is 0 Å². The first-order valence-electron chi connectivity index (χ1n) is 14.8. The highest BCUT2D eigenvalue weighted by Gasteiger charge is 2.14. The lowest BCUT2D eigenvalue weighted by Gasteiger charge is -2.14. The maximum Gasteiger partial charge on any atom is 0.227 e. The van der Waals surface area contributed by atoms with Crippen LogP contribution in [0.2, 0.25) is 0 Å². The van der Waals surface area contributed by atoms with Crippen LogP contribution in [0.25, 0.3) is 0 Å². The van der Waals surface area contributed by atoms with Crippen LogP contribution in [-0.2, 0) is 16.0 Å². The largest absolute Gasteiger partial charge is 0.354 e. The van der Waals surface area contributed by atoms with E-state index in [9.17, 15) is 9.59 Å². The molecule has 0 aromatic heterocycles. The van der Waals surface area contributed by atoms with E-state index in [1.807, 2.05) is 19.1 Å². The molecule has 2 N–H and O–H groups in total. The summed E-state index contributed by atoms with van der Waals surface area (Å²) in [5.41, 5.74) is 2.31. The van der Waals surface area contributed by atoms with Crippen LogP contribution in [-0.4, -0.2) is 24.9 Å². The monoisotopic (exact) mass is 532 g/mol. The summed E-state index contributed by atoms with van der Waals surface area (Å²) in [6, 6.07) is 8.31. The zero-order valence-electron chi connectivity index (χ0n) is 24.8. The molecule has 4 heteroatoms. The third kappa shape index (κ3) is 18.7. The van der Waals surface area contributed by atoms with E-state index in [1.165, 1.54) is 5.56 Å². The molecule has 39 heavy (non-hydrogen) atoms. The lowest BCUT2D eigenvalue weighted by atomic mass is 9.96. The van der Waals surface area contributed by atoms with Gasteiger partial charge < -0.3 is 10.6 Å². The minimum absolute atomic E-state index is 0.0146. The van der Waals surface area contributed by atoms with E-state index in [2.05, 4.69) is 104 Å². The fourth-order valence-electron chi connectivity index (χ4n) is 3.94. The summed E-state index contributed by atoms with van der Waals surface area (Å²) in [7, 11) is 0. The van der Waals surface area contributed by atoms with Gasteiger partial charge in [0.15, 0.2) is 0 Å². The Bertz CT molecular complexity index is 936. The van der Waals surface area contributed by atoms with Gasteiger partial charge in [0.05, 0.1) is 5.92 Å². The second-order valence-corrected chi connectivity index (χ2v) is 10.3. The van der Waals surface area contributed by atoms with Gasteiger partial charge in [-0.1, -0.05) is 106 Å². The molecule has 0 radical (unpaired) electrons. The van der Waals surface area contributed by atoms with E-state index < -0.39 is 0 Å². The maximum atomic E-state index is 12.5. The van der Waals surface area contributed by atoms with Gasteiger partial charge in [-0.25, -0.2) is 0 Å². The average molecular weight is 533 g/mol. The van der Waals surface area contributed by atoms with Gasteiger partial charge in [-0.15, -0.1) is 0 Å². The standard InChI is InChI=1S/C35H52N2O2/c1-5-6-7-8-9-10-11-12-13-14-15-16-17-18-19-20-21-22-34(38)36-27-28-37-35(39)31(4)33-25-23-32(24-26-33)29-30(2)3/h6-7,9-10,12-13,15-16,18-19,23-26,30-31H,5,8,11,14,17,20-22,27-29H2,1-4H3,(H,36,38)(H,37,39). The number of allylic oxidation sites excluding steroid dienone is 10. The lowest BCUT2D eigenvalue weighted by molar-refractivity contribution is -0.123. The fourth-order valence-corrected chi connectivity index (χ4v) is 3.94.